The average Bonchev–Trinajstić information content (AvgIpc) is 3.30. The molecule has 4 rings (SSSR count). The van der Waals surface area contributed by atoms with Gasteiger partial charge in [0.15, 0.2) is 5.76 Å². The molecule has 2 aliphatic rings. The minimum Gasteiger partial charge on any atom is -0.461 e. The molecule has 1 amide bonds. The molecule has 1 aliphatic heterocycles. The van der Waals surface area contributed by atoms with Crippen molar-refractivity contribution >= 4 is 5.91 Å². The number of carbonyl (C=O) groups excluding carboxylic acids is 1. The number of hydrogen-bond acceptors (Lipinski definition) is 6. The van der Waals surface area contributed by atoms with Crippen molar-refractivity contribution in [2.24, 2.45) is 0 Å². The second-order valence-corrected chi connectivity index (χ2v) is 6.34. The van der Waals surface area contributed by atoms with Crippen LogP contribution in [-0.2, 0) is 16.0 Å². The van der Waals surface area contributed by atoms with Crippen molar-refractivity contribution in [3.63, 3.8) is 0 Å². The lowest BCUT2D eigenvalue weighted by Gasteiger charge is -2.43. The standard InChI is InChI=1S/C17H21N3O4/c21-16(20-9-11-23-13-5-2-1-4-12(13)20)8-7-15-18-17(19-24-15)14-6-3-10-22-14/h3,6,10,12-13H,1-2,4-5,7-9,11H2/t12-,13-/m0/s1. The minimum atomic E-state index is 0.146. The fourth-order valence-electron chi connectivity index (χ4n) is 3.63. The van der Waals surface area contributed by atoms with Crippen molar-refractivity contribution in [1.82, 2.24) is 15.0 Å². The fourth-order valence-corrected chi connectivity index (χ4v) is 3.63. The van der Waals surface area contributed by atoms with Gasteiger partial charge in [-0.15, -0.1) is 0 Å². The summed E-state index contributed by atoms with van der Waals surface area (Å²) in [5.41, 5.74) is 0. The van der Waals surface area contributed by atoms with Crippen molar-refractivity contribution < 1.29 is 18.5 Å². The Labute approximate surface area is 140 Å². The Hall–Kier alpha value is -2.15. The molecule has 0 bridgehead atoms. The third-order valence-electron chi connectivity index (χ3n) is 4.81. The van der Waals surface area contributed by atoms with Crippen molar-refractivity contribution in [3.05, 3.63) is 24.3 Å². The maximum absolute atomic E-state index is 12.6. The first-order chi connectivity index (χ1) is 11.8. The number of aromatic nitrogens is 2. The molecule has 0 aromatic carbocycles. The van der Waals surface area contributed by atoms with E-state index in [1.165, 1.54) is 12.8 Å². The summed E-state index contributed by atoms with van der Waals surface area (Å²) < 4.78 is 16.3. The van der Waals surface area contributed by atoms with E-state index >= 15 is 0 Å². The number of hydrogen-bond donors (Lipinski definition) is 0. The van der Waals surface area contributed by atoms with Crippen LogP contribution in [0.1, 0.15) is 38.0 Å². The summed E-state index contributed by atoms with van der Waals surface area (Å²) in [5, 5.41) is 3.89. The van der Waals surface area contributed by atoms with Gasteiger partial charge in [-0.2, -0.15) is 4.98 Å². The van der Waals surface area contributed by atoms with Crippen LogP contribution in [0.25, 0.3) is 11.6 Å². The van der Waals surface area contributed by atoms with Crippen molar-refractivity contribution in [2.45, 2.75) is 50.7 Å². The van der Waals surface area contributed by atoms with E-state index in [0.29, 0.717) is 43.5 Å². The third-order valence-corrected chi connectivity index (χ3v) is 4.81. The molecule has 2 aromatic heterocycles. The smallest absolute Gasteiger partial charge is 0.238 e. The Balaban J connectivity index is 1.36. The van der Waals surface area contributed by atoms with E-state index in [1.54, 1.807) is 18.4 Å². The van der Waals surface area contributed by atoms with Crippen LogP contribution in [0.3, 0.4) is 0 Å². The van der Waals surface area contributed by atoms with Gasteiger partial charge in [0.2, 0.25) is 17.6 Å². The number of morpholine rings is 1. The number of fused-ring (bicyclic) bond motifs is 1. The second kappa shape index (κ2) is 6.76. The van der Waals surface area contributed by atoms with Crippen LogP contribution in [0.4, 0.5) is 0 Å². The number of ether oxygens (including phenoxy) is 1. The molecular formula is C17H21N3O4. The van der Waals surface area contributed by atoms with Crippen molar-refractivity contribution in [1.29, 1.82) is 0 Å². The average molecular weight is 331 g/mol. The lowest BCUT2D eigenvalue weighted by atomic mass is 9.90. The predicted molar refractivity (Wildman–Crippen MR) is 84.0 cm³/mol. The van der Waals surface area contributed by atoms with Gasteiger partial charge in [0.25, 0.3) is 0 Å². The van der Waals surface area contributed by atoms with Crippen molar-refractivity contribution in [2.75, 3.05) is 13.2 Å². The zero-order chi connectivity index (χ0) is 16.4. The SMILES string of the molecule is O=C(CCc1nc(-c2ccco2)no1)N1CCO[C@H]2CCCC[C@@H]21. The lowest BCUT2D eigenvalue weighted by Crippen LogP contribution is -2.54. The Bertz CT molecular complexity index is 680. The van der Waals surface area contributed by atoms with E-state index in [2.05, 4.69) is 10.1 Å². The van der Waals surface area contributed by atoms with Gasteiger partial charge >= 0.3 is 0 Å². The molecule has 24 heavy (non-hydrogen) atoms. The van der Waals surface area contributed by atoms with Crippen LogP contribution in [0.5, 0.6) is 0 Å². The number of furan rings is 1. The summed E-state index contributed by atoms with van der Waals surface area (Å²) in [4.78, 5) is 18.9. The molecule has 0 unspecified atom stereocenters. The number of nitrogens with zero attached hydrogens (tertiary/aromatic N) is 3. The van der Waals surface area contributed by atoms with E-state index in [9.17, 15) is 4.79 Å². The lowest BCUT2D eigenvalue weighted by molar-refractivity contribution is -0.149. The highest BCUT2D eigenvalue weighted by Crippen LogP contribution is 2.29. The molecule has 0 radical (unpaired) electrons. The Morgan fingerprint density at radius 3 is 3.12 bits per heavy atom. The van der Waals surface area contributed by atoms with Crippen LogP contribution in [0.2, 0.25) is 0 Å². The highest BCUT2D eigenvalue weighted by molar-refractivity contribution is 5.77. The van der Waals surface area contributed by atoms with Crippen LogP contribution >= 0.6 is 0 Å². The molecule has 128 valence electrons. The summed E-state index contributed by atoms with van der Waals surface area (Å²) in [6, 6.07) is 3.78. The van der Waals surface area contributed by atoms with Crippen LogP contribution in [0.15, 0.2) is 27.3 Å². The van der Waals surface area contributed by atoms with Crippen molar-refractivity contribution in [3.8, 4) is 11.6 Å². The first-order valence-corrected chi connectivity index (χ1v) is 8.59. The van der Waals surface area contributed by atoms with Gasteiger partial charge in [-0.1, -0.05) is 18.0 Å². The number of carbonyl (C=O) groups is 1. The van der Waals surface area contributed by atoms with Crippen LogP contribution in [0, 0.1) is 0 Å². The molecule has 1 saturated heterocycles. The van der Waals surface area contributed by atoms with Gasteiger partial charge in [-0.3, -0.25) is 4.79 Å². The van der Waals surface area contributed by atoms with Gasteiger partial charge < -0.3 is 18.6 Å². The number of aryl methyl sites for hydroxylation is 1. The molecule has 2 fully saturated rings. The molecule has 0 N–H and O–H groups in total. The Kier molecular flexibility index (Phi) is 4.34. The van der Waals surface area contributed by atoms with Gasteiger partial charge in [0.05, 0.1) is 25.0 Å². The van der Waals surface area contributed by atoms with E-state index < -0.39 is 0 Å². The van der Waals surface area contributed by atoms with Crippen LogP contribution < -0.4 is 0 Å². The molecule has 7 nitrogen and oxygen atoms in total. The highest BCUT2D eigenvalue weighted by atomic mass is 16.5. The maximum Gasteiger partial charge on any atom is 0.238 e. The summed E-state index contributed by atoms with van der Waals surface area (Å²) in [7, 11) is 0. The van der Waals surface area contributed by atoms with E-state index in [-0.39, 0.29) is 18.1 Å². The Morgan fingerprint density at radius 2 is 2.25 bits per heavy atom. The van der Waals surface area contributed by atoms with Crippen LogP contribution in [-0.4, -0.2) is 46.2 Å². The van der Waals surface area contributed by atoms with E-state index in [0.717, 1.165) is 12.8 Å². The topological polar surface area (TPSA) is 81.6 Å². The molecule has 2 aromatic rings. The Morgan fingerprint density at radius 1 is 1.33 bits per heavy atom. The summed E-state index contributed by atoms with van der Waals surface area (Å²) in [6.07, 6.45) is 7.07. The summed E-state index contributed by atoms with van der Waals surface area (Å²) in [6.45, 7) is 1.32. The molecule has 7 heteroatoms. The first kappa shape index (κ1) is 15.4. The first-order valence-electron chi connectivity index (χ1n) is 8.59. The van der Waals surface area contributed by atoms with E-state index in [4.69, 9.17) is 13.7 Å². The summed E-state index contributed by atoms with van der Waals surface area (Å²) >= 11 is 0. The monoisotopic (exact) mass is 331 g/mol. The van der Waals surface area contributed by atoms with Gasteiger partial charge in [-0.25, -0.2) is 0 Å². The van der Waals surface area contributed by atoms with Gasteiger partial charge in [0.1, 0.15) is 0 Å². The zero-order valence-corrected chi connectivity index (χ0v) is 13.5. The number of amides is 1. The largest absolute Gasteiger partial charge is 0.461 e. The molecular weight excluding hydrogens is 310 g/mol. The van der Waals surface area contributed by atoms with E-state index in [1.807, 2.05) is 4.90 Å². The molecule has 1 saturated carbocycles. The molecule has 2 atom stereocenters. The molecule has 3 heterocycles. The fraction of sp³-hybridized carbons (Fsp3) is 0.588. The second-order valence-electron chi connectivity index (χ2n) is 6.34. The summed E-state index contributed by atoms with van der Waals surface area (Å²) in [5.74, 6) is 1.59. The quantitative estimate of drug-likeness (QED) is 0.856. The third kappa shape index (κ3) is 3.08. The predicted octanol–water partition coefficient (Wildman–Crippen LogP) is 2.43. The number of rotatable bonds is 4. The normalized spacial score (nSPS) is 23.9. The maximum atomic E-state index is 12.6. The van der Waals surface area contributed by atoms with Gasteiger partial charge in [0, 0.05) is 19.4 Å². The molecule has 0 spiro atoms. The minimum absolute atomic E-state index is 0.146. The zero-order valence-electron chi connectivity index (χ0n) is 13.5. The highest BCUT2D eigenvalue weighted by Gasteiger charge is 2.36. The molecule has 1 aliphatic carbocycles. The van der Waals surface area contributed by atoms with Gasteiger partial charge in [-0.05, 0) is 25.0 Å².